The second-order valence-corrected chi connectivity index (χ2v) is 6.49. The van der Waals surface area contributed by atoms with Crippen LogP contribution in [0.4, 0.5) is 4.79 Å². The van der Waals surface area contributed by atoms with Crippen molar-refractivity contribution in [2.45, 2.75) is 46.3 Å². The lowest BCUT2D eigenvalue weighted by Crippen LogP contribution is -2.40. The highest BCUT2D eigenvalue weighted by Crippen LogP contribution is 2.22. The van der Waals surface area contributed by atoms with Gasteiger partial charge in [0.25, 0.3) is 5.91 Å². The van der Waals surface area contributed by atoms with Gasteiger partial charge in [0.1, 0.15) is 5.60 Å². The van der Waals surface area contributed by atoms with Gasteiger partial charge in [-0.05, 0) is 57.4 Å². The van der Waals surface area contributed by atoms with Gasteiger partial charge in [-0.25, -0.2) is 4.79 Å². The zero-order valence-corrected chi connectivity index (χ0v) is 13.7. The van der Waals surface area contributed by atoms with Crippen molar-refractivity contribution in [1.82, 2.24) is 10.2 Å². The Morgan fingerprint density at radius 3 is 2.64 bits per heavy atom. The Bertz CT molecular complexity index is 576. The lowest BCUT2D eigenvalue weighted by Gasteiger charge is -2.31. The summed E-state index contributed by atoms with van der Waals surface area (Å²) in [6, 6.07) is 5.66. The van der Waals surface area contributed by atoms with Crippen LogP contribution in [-0.4, -0.2) is 35.6 Å². The highest BCUT2D eigenvalue weighted by molar-refractivity contribution is 5.94. The molecular formula is C17H24N2O3. The van der Waals surface area contributed by atoms with Crippen LogP contribution in [0.2, 0.25) is 0 Å². The van der Waals surface area contributed by atoms with Crippen molar-refractivity contribution in [2.24, 2.45) is 0 Å². The molecule has 0 atom stereocenters. The molecule has 0 aliphatic carbocycles. The molecule has 0 aromatic heterocycles. The maximum atomic E-state index is 12.1. The zero-order valence-electron chi connectivity index (χ0n) is 13.7. The summed E-state index contributed by atoms with van der Waals surface area (Å²) in [7, 11) is 0. The minimum Gasteiger partial charge on any atom is -0.444 e. The van der Waals surface area contributed by atoms with Crippen molar-refractivity contribution >= 4 is 12.0 Å². The topological polar surface area (TPSA) is 58.6 Å². The van der Waals surface area contributed by atoms with Crippen molar-refractivity contribution in [3.05, 3.63) is 34.9 Å². The van der Waals surface area contributed by atoms with Gasteiger partial charge in [-0.1, -0.05) is 6.07 Å². The monoisotopic (exact) mass is 304 g/mol. The fourth-order valence-corrected chi connectivity index (χ4v) is 2.44. The molecular weight excluding hydrogens is 280 g/mol. The zero-order chi connectivity index (χ0) is 16.3. The van der Waals surface area contributed by atoms with E-state index in [9.17, 15) is 9.59 Å². The van der Waals surface area contributed by atoms with E-state index in [4.69, 9.17) is 4.74 Å². The lowest BCUT2D eigenvalue weighted by atomic mass is 9.97. The van der Waals surface area contributed by atoms with Crippen molar-refractivity contribution in [1.29, 1.82) is 0 Å². The number of hydrogen-bond acceptors (Lipinski definition) is 3. The molecule has 0 bridgehead atoms. The third-order valence-corrected chi connectivity index (χ3v) is 3.47. The molecule has 0 fully saturated rings. The highest BCUT2D eigenvalue weighted by atomic mass is 16.6. The summed E-state index contributed by atoms with van der Waals surface area (Å²) in [5.41, 5.74) is 2.39. The maximum Gasteiger partial charge on any atom is 0.410 e. The third kappa shape index (κ3) is 4.00. The number of benzene rings is 1. The van der Waals surface area contributed by atoms with E-state index in [2.05, 4.69) is 5.32 Å². The molecule has 5 heteroatoms. The first kappa shape index (κ1) is 16.3. The van der Waals surface area contributed by atoms with Gasteiger partial charge in [0.2, 0.25) is 0 Å². The summed E-state index contributed by atoms with van der Waals surface area (Å²) < 4.78 is 5.41. The first-order chi connectivity index (χ1) is 10.3. The van der Waals surface area contributed by atoms with Gasteiger partial charge in [-0.15, -0.1) is 0 Å². The maximum absolute atomic E-state index is 12.1. The van der Waals surface area contributed by atoms with E-state index >= 15 is 0 Å². The standard InChI is InChI=1S/C17H24N2O3/c1-5-18-15(20)13-6-7-14-11-19(9-8-12(14)10-13)16(21)22-17(2,3)4/h6-7,10H,5,8-9,11H2,1-4H3,(H,18,20). The smallest absolute Gasteiger partial charge is 0.410 e. The van der Waals surface area contributed by atoms with Crippen LogP contribution >= 0.6 is 0 Å². The van der Waals surface area contributed by atoms with Crippen LogP contribution in [0.5, 0.6) is 0 Å². The van der Waals surface area contributed by atoms with E-state index in [1.54, 1.807) is 4.90 Å². The van der Waals surface area contributed by atoms with Gasteiger partial charge in [-0.3, -0.25) is 4.79 Å². The van der Waals surface area contributed by atoms with Crippen LogP contribution < -0.4 is 5.32 Å². The van der Waals surface area contributed by atoms with Crippen LogP contribution in [-0.2, 0) is 17.7 Å². The van der Waals surface area contributed by atoms with E-state index in [-0.39, 0.29) is 12.0 Å². The predicted molar refractivity (Wildman–Crippen MR) is 84.8 cm³/mol. The van der Waals surface area contributed by atoms with Crippen LogP contribution in [0.15, 0.2) is 18.2 Å². The highest BCUT2D eigenvalue weighted by Gasteiger charge is 2.26. The van der Waals surface area contributed by atoms with Gasteiger partial charge < -0.3 is 15.0 Å². The summed E-state index contributed by atoms with van der Waals surface area (Å²) in [6.07, 6.45) is 0.452. The van der Waals surface area contributed by atoms with E-state index in [1.807, 2.05) is 45.9 Å². The van der Waals surface area contributed by atoms with Gasteiger partial charge in [-0.2, -0.15) is 0 Å². The second-order valence-electron chi connectivity index (χ2n) is 6.49. The fraction of sp³-hybridized carbons (Fsp3) is 0.529. The van der Waals surface area contributed by atoms with Crippen molar-refractivity contribution in [3.63, 3.8) is 0 Å². The number of carbonyl (C=O) groups excluding carboxylic acids is 2. The summed E-state index contributed by atoms with van der Waals surface area (Å²) in [6.45, 7) is 9.24. The molecule has 1 aliphatic heterocycles. The molecule has 0 saturated heterocycles. The lowest BCUT2D eigenvalue weighted by molar-refractivity contribution is 0.0224. The molecule has 2 rings (SSSR count). The van der Waals surface area contributed by atoms with E-state index in [0.717, 1.165) is 17.5 Å². The van der Waals surface area contributed by atoms with Gasteiger partial charge in [0.15, 0.2) is 0 Å². The predicted octanol–water partition coefficient (Wildman–Crippen LogP) is 2.73. The van der Waals surface area contributed by atoms with Crippen LogP contribution in [0, 0.1) is 0 Å². The molecule has 1 aromatic rings. The summed E-state index contributed by atoms with van der Waals surface area (Å²) in [5, 5.41) is 2.80. The molecule has 0 spiro atoms. The Morgan fingerprint density at radius 2 is 2.00 bits per heavy atom. The van der Waals surface area contributed by atoms with Crippen molar-refractivity contribution in [3.8, 4) is 0 Å². The number of carbonyl (C=O) groups is 2. The van der Waals surface area contributed by atoms with Crippen LogP contribution in [0.1, 0.15) is 49.2 Å². The third-order valence-electron chi connectivity index (χ3n) is 3.47. The largest absolute Gasteiger partial charge is 0.444 e. The Hall–Kier alpha value is -2.04. The molecule has 1 N–H and O–H groups in total. The van der Waals surface area contributed by atoms with Crippen LogP contribution in [0.25, 0.3) is 0 Å². The van der Waals surface area contributed by atoms with Crippen molar-refractivity contribution in [2.75, 3.05) is 13.1 Å². The molecule has 1 heterocycles. The molecule has 0 radical (unpaired) electrons. The first-order valence-corrected chi connectivity index (χ1v) is 7.68. The quantitative estimate of drug-likeness (QED) is 0.914. The molecule has 22 heavy (non-hydrogen) atoms. The molecule has 1 aromatic carbocycles. The van der Waals surface area contributed by atoms with Gasteiger partial charge in [0.05, 0.1) is 0 Å². The van der Waals surface area contributed by atoms with Gasteiger partial charge >= 0.3 is 6.09 Å². The number of nitrogens with one attached hydrogen (secondary N) is 1. The molecule has 1 aliphatic rings. The average molecular weight is 304 g/mol. The molecule has 2 amide bonds. The fourth-order valence-electron chi connectivity index (χ4n) is 2.44. The number of rotatable bonds is 2. The minimum atomic E-state index is -0.487. The molecule has 0 saturated carbocycles. The Labute approximate surface area is 131 Å². The Balaban J connectivity index is 2.09. The normalized spacial score (nSPS) is 14.3. The summed E-state index contributed by atoms with van der Waals surface area (Å²) in [5.74, 6) is -0.0557. The van der Waals surface area contributed by atoms with Crippen LogP contribution in [0.3, 0.4) is 0 Å². The van der Waals surface area contributed by atoms with Gasteiger partial charge in [0, 0.05) is 25.2 Å². The number of ether oxygens (including phenoxy) is 1. The SMILES string of the molecule is CCNC(=O)c1ccc2c(c1)CCN(C(=O)OC(C)(C)C)C2. The number of amides is 2. The van der Waals surface area contributed by atoms with E-state index in [0.29, 0.717) is 25.2 Å². The Kier molecular flexibility index (Phi) is 4.74. The molecule has 120 valence electrons. The van der Waals surface area contributed by atoms with E-state index in [1.165, 1.54) is 0 Å². The summed E-state index contributed by atoms with van der Waals surface area (Å²) >= 11 is 0. The average Bonchev–Trinajstić information content (AvgIpc) is 2.44. The first-order valence-electron chi connectivity index (χ1n) is 7.68. The Morgan fingerprint density at radius 1 is 1.27 bits per heavy atom. The molecule has 0 unspecified atom stereocenters. The van der Waals surface area contributed by atoms with Crippen molar-refractivity contribution < 1.29 is 14.3 Å². The number of fused-ring (bicyclic) bond motifs is 1. The second kappa shape index (κ2) is 6.38. The number of hydrogen-bond donors (Lipinski definition) is 1. The molecule has 5 nitrogen and oxygen atoms in total. The van der Waals surface area contributed by atoms with E-state index < -0.39 is 5.60 Å². The minimum absolute atomic E-state index is 0.0557. The number of nitrogens with zero attached hydrogens (tertiary/aromatic N) is 1. The summed E-state index contributed by atoms with van der Waals surface area (Å²) in [4.78, 5) is 25.7.